The summed E-state index contributed by atoms with van der Waals surface area (Å²) in [6, 6.07) is 18.8. The topological polar surface area (TPSA) is 73.2 Å². The first-order valence-corrected chi connectivity index (χ1v) is 11.6. The molecule has 0 saturated carbocycles. The SMILES string of the molecule is O=Nc1ccc(Oc2ccnc3cc(-c4ccc(OCCN5CCOCC5)cc4)sc23)cc1. The molecular formula is C25H23N3O4S. The third-order valence-corrected chi connectivity index (χ3v) is 6.65. The monoisotopic (exact) mass is 461 g/mol. The molecule has 0 spiro atoms. The van der Waals surface area contributed by atoms with Gasteiger partial charge < -0.3 is 14.2 Å². The molecule has 3 heterocycles. The molecule has 33 heavy (non-hydrogen) atoms. The number of pyridine rings is 1. The highest BCUT2D eigenvalue weighted by atomic mass is 32.1. The zero-order chi connectivity index (χ0) is 22.5. The summed E-state index contributed by atoms with van der Waals surface area (Å²) < 4.78 is 18.3. The Bertz CT molecular complexity index is 1220. The van der Waals surface area contributed by atoms with Crippen molar-refractivity contribution in [3.63, 3.8) is 0 Å². The molecule has 4 aromatic rings. The molecule has 8 heteroatoms. The van der Waals surface area contributed by atoms with Gasteiger partial charge in [0, 0.05) is 36.8 Å². The lowest BCUT2D eigenvalue weighted by Crippen LogP contribution is -2.38. The second kappa shape index (κ2) is 10.1. The van der Waals surface area contributed by atoms with Gasteiger partial charge in [0.25, 0.3) is 0 Å². The molecule has 1 fully saturated rings. The minimum Gasteiger partial charge on any atom is -0.492 e. The highest BCUT2D eigenvalue weighted by Crippen LogP contribution is 2.39. The average Bonchev–Trinajstić information content (AvgIpc) is 3.31. The maximum atomic E-state index is 10.6. The Morgan fingerprint density at radius 1 is 1.00 bits per heavy atom. The number of nitroso groups, excluding NO2 is 1. The van der Waals surface area contributed by atoms with Gasteiger partial charge in [0.05, 0.1) is 23.4 Å². The fourth-order valence-electron chi connectivity index (χ4n) is 3.67. The zero-order valence-electron chi connectivity index (χ0n) is 18.0. The van der Waals surface area contributed by atoms with Crippen LogP contribution in [0.5, 0.6) is 17.2 Å². The van der Waals surface area contributed by atoms with E-state index in [1.54, 1.807) is 41.8 Å². The first-order valence-electron chi connectivity index (χ1n) is 10.8. The standard InChI is InChI=1S/C25H23N3O4S/c29-27-19-3-7-21(8-4-19)32-23-9-10-26-22-17-24(33-25(22)23)18-1-5-20(6-2-18)31-16-13-28-11-14-30-15-12-28/h1-10,17H,11-16H2. The Morgan fingerprint density at radius 2 is 1.76 bits per heavy atom. The van der Waals surface area contributed by atoms with Gasteiger partial charge in [0.1, 0.15) is 29.5 Å². The van der Waals surface area contributed by atoms with Gasteiger partial charge in [-0.25, -0.2) is 0 Å². The summed E-state index contributed by atoms with van der Waals surface area (Å²) in [7, 11) is 0. The predicted octanol–water partition coefficient (Wildman–Crippen LogP) is 5.86. The van der Waals surface area contributed by atoms with Crippen molar-refractivity contribution in [3.05, 3.63) is 71.8 Å². The number of ether oxygens (including phenoxy) is 3. The van der Waals surface area contributed by atoms with Crippen molar-refractivity contribution >= 4 is 27.2 Å². The molecule has 1 aliphatic heterocycles. The molecule has 0 unspecified atom stereocenters. The van der Waals surface area contributed by atoms with E-state index >= 15 is 0 Å². The van der Waals surface area contributed by atoms with Crippen LogP contribution in [0.4, 0.5) is 5.69 Å². The third kappa shape index (κ3) is 5.19. The molecule has 2 aromatic heterocycles. The van der Waals surface area contributed by atoms with Crippen molar-refractivity contribution in [1.82, 2.24) is 9.88 Å². The Morgan fingerprint density at radius 3 is 2.52 bits per heavy atom. The van der Waals surface area contributed by atoms with Gasteiger partial charge in [-0.3, -0.25) is 9.88 Å². The van der Waals surface area contributed by atoms with Crippen LogP contribution in [0.3, 0.4) is 0 Å². The van der Waals surface area contributed by atoms with Crippen LogP contribution in [0.25, 0.3) is 20.7 Å². The average molecular weight is 462 g/mol. The predicted molar refractivity (Wildman–Crippen MR) is 130 cm³/mol. The van der Waals surface area contributed by atoms with E-state index in [9.17, 15) is 4.91 Å². The number of benzene rings is 2. The number of nitrogens with zero attached hydrogens (tertiary/aromatic N) is 3. The Labute approximate surface area is 195 Å². The van der Waals surface area contributed by atoms with Gasteiger partial charge >= 0.3 is 0 Å². The fourth-order valence-corrected chi connectivity index (χ4v) is 4.74. The van der Waals surface area contributed by atoms with Gasteiger partial charge in [-0.15, -0.1) is 16.2 Å². The lowest BCUT2D eigenvalue weighted by molar-refractivity contribution is 0.0322. The second-order valence-corrected chi connectivity index (χ2v) is 8.70. The van der Waals surface area contributed by atoms with Gasteiger partial charge in [-0.1, -0.05) is 0 Å². The van der Waals surface area contributed by atoms with Crippen LogP contribution in [-0.4, -0.2) is 49.3 Å². The van der Waals surface area contributed by atoms with Crippen molar-refractivity contribution in [2.24, 2.45) is 5.18 Å². The molecular weight excluding hydrogens is 438 g/mol. The minimum atomic E-state index is 0.370. The first-order chi connectivity index (χ1) is 16.3. The van der Waals surface area contributed by atoms with Crippen molar-refractivity contribution in [3.8, 4) is 27.7 Å². The van der Waals surface area contributed by atoms with Gasteiger partial charge in [0.2, 0.25) is 0 Å². The van der Waals surface area contributed by atoms with Crippen LogP contribution in [-0.2, 0) is 4.74 Å². The minimum absolute atomic E-state index is 0.370. The normalized spacial score (nSPS) is 14.3. The number of hydrogen-bond donors (Lipinski definition) is 0. The summed E-state index contributed by atoms with van der Waals surface area (Å²) >= 11 is 1.63. The van der Waals surface area contributed by atoms with E-state index in [-0.39, 0.29) is 0 Å². The van der Waals surface area contributed by atoms with Crippen molar-refractivity contribution in [2.75, 3.05) is 39.5 Å². The summed E-state index contributed by atoms with van der Waals surface area (Å²) in [5.41, 5.74) is 2.35. The molecule has 2 aromatic carbocycles. The first kappa shape index (κ1) is 21.5. The molecule has 168 valence electrons. The van der Waals surface area contributed by atoms with Crippen LogP contribution >= 0.6 is 11.3 Å². The summed E-state index contributed by atoms with van der Waals surface area (Å²) in [6.45, 7) is 5.11. The van der Waals surface area contributed by atoms with Crippen LogP contribution < -0.4 is 9.47 Å². The van der Waals surface area contributed by atoms with Gasteiger partial charge in [0.15, 0.2) is 0 Å². The number of fused-ring (bicyclic) bond motifs is 1. The molecule has 0 amide bonds. The maximum absolute atomic E-state index is 10.6. The molecule has 7 nitrogen and oxygen atoms in total. The molecule has 0 aliphatic carbocycles. The number of rotatable bonds is 8. The largest absolute Gasteiger partial charge is 0.492 e. The van der Waals surface area contributed by atoms with E-state index in [1.165, 1.54) is 0 Å². The van der Waals surface area contributed by atoms with Gasteiger partial charge in [-0.2, -0.15) is 0 Å². The summed E-state index contributed by atoms with van der Waals surface area (Å²) in [5, 5.41) is 2.92. The number of thiophene rings is 1. The van der Waals surface area contributed by atoms with Gasteiger partial charge in [-0.05, 0) is 65.3 Å². The molecule has 1 saturated heterocycles. The molecule has 0 bridgehead atoms. The van der Waals surface area contributed by atoms with Crippen LogP contribution in [0.1, 0.15) is 0 Å². The van der Waals surface area contributed by atoms with E-state index in [0.29, 0.717) is 18.0 Å². The van der Waals surface area contributed by atoms with Crippen molar-refractivity contribution < 1.29 is 14.2 Å². The third-order valence-electron chi connectivity index (χ3n) is 5.46. The second-order valence-electron chi connectivity index (χ2n) is 7.65. The Balaban J connectivity index is 1.27. The number of hydrogen-bond acceptors (Lipinski definition) is 8. The van der Waals surface area contributed by atoms with E-state index in [1.807, 2.05) is 18.2 Å². The molecule has 0 atom stereocenters. The lowest BCUT2D eigenvalue weighted by Gasteiger charge is -2.26. The summed E-state index contributed by atoms with van der Waals surface area (Å²) in [6.07, 6.45) is 1.74. The quantitative estimate of drug-likeness (QED) is 0.306. The smallest absolute Gasteiger partial charge is 0.148 e. The molecule has 1 aliphatic rings. The maximum Gasteiger partial charge on any atom is 0.148 e. The van der Waals surface area contributed by atoms with E-state index in [2.05, 4.69) is 33.3 Å². The number of morpholine rings is 1. The van der Waals surface area contributed by atoms with Crippen LogP contribution in [0.15, 0.2) is 72.0 Å². The van der Waals surface area contributed by atoms with E-state index < -0.39 is 0 Å². The van der Waals surface area contributed by atoms with Crippen molar-refractivity contribution in [1.29, 1.82) is 0 Å². The molecule has 0 radical (unpaired) electrons. The zero-order valence-corrected chi connectivity index (χ0v) is 18.8. The van der Waals surface area contributed by atoms with Crippen LogP contribution in [0, 0.1) is 4.91 Å². The fraction of sp³-hybridized carbons (Fsp3) is 0.240. The highest BCUT2D eigenvalue weighted by Gasteiger charge is 2.12. The highest BCUT2D eigenvalue weighted by molar-refractivity contribution is 7.22. The van der Waals surface area contributed by atoms with E-state index in [4.69, 9.17) is 14.2 Å². The van der Waals surface area contributed by atoms with E-state index in [0.717, 1.165) is 65.0 Å². The van der Waals surface area contributed by atoms with Crippen LogP contribution in [0.2, 0.25) is 0 Å². The molecule has 0 N–H and O–H groups in total. The molecule has 5 rings (SSSR count). The summed E-state index contributed by atoms with van der Waals surface area (Å²) in [4.78, 5) is 18.6. The lowest BCUT2D eigenvalue weighted by atomic mass is 10.2. The Hall–Kier alpha value is -3.33. The Kier molecular flexibility index (Phi) is 6.57. The van der Waals surface area contributed by atoms with Crippen molar-refractivity contribution in [2.45, 2.75) is 0 Å². The summed E-state index contributed by atoms with van der Waals surface area (Å²) in [5.74, 6) is 2.23. The number of aromatic nitrogens is 1.